The van der Waals surface area contributed by atoms with Gasteiger partial charge in [0.1, 0.15) is 6.61 Å². The summed E-state index contributed by atoms with van der Waals surface area (Å²) < 4.78 is 10.7. The van der Waals surface area contributed by atoms with Crippen LogP contribution in [0, 0.1) is 0 Å². The first-order valence-corrected chi connectivity index (χ1v) is 27.7. The third-order valence-electron chi connectivity index (χ3n) is 11.4. The van der Waals surface area contributed by atoms with E-state index >= 15 is 0 Å². The normalized spacial score (nSPS) is 13.3. The van der Waals surface area contributed by atoms with Crippen LogP contribution < -0.4 is 0 Å². The fourth-order valence-electron chi connectivity index (χ4n) is 7.28. The van der Waals surface area contributed by atoms with Crippen molar-refractivity contribution in [1.29, 1.82) is 0 Å². The highest BCUT2D eigenvalue weighted by Gasteiger charge is 2.16. The smallest absolute Gasteiger partial charge is 0.306 e. The fraction of sp³-hybridized carbons (Fsp3) is 0.619. The van der Waals surface area contributed by atoms with Gasteiger partial charge >= 0.3 is 11.9 Å². The van der Waals surface area contributed by atoms with E-state index in [1.54, 1.807) is 0 Å². The number of esters is 2. The van der Waals surface area contributed by atoms with Crippen LogP contribution in [-0.2, 0) is 19.1 Å². The molecule has 0 saturated carbocycles. The molecule has 0 aliphatic rings. The van der Waals surface area contributed by atoms with Gasteiger partial charge in [0, 0.05) is 12.8 Å². The minimum Gasteiger partial charge on any atom is -0.462 e. The third-order valence-corrected chi connectivity index (χ3v) is 11.4. The first-order valence-electron chi connectivity index (χ1n) is 27.7. The molecule has 0 fully saturated rings. The zero-order valence-electron chi connectivity index (χ0n) is 43.8. The average Bonchev–Trinajstić information content (AvgIpc) is 3.34. The van der Waals surface area contributed by atoms with Crippen LogP contribution in [0.2, 0.25) is 0 Å². The number of carbonyl (C=O) groups is 2. The average molecular weight is 940 g/mol. The number of ether oxygens (including phenoxy) is 2. The van der Waals surface area contributed by atoms with Crippen molar-refractivity contribution in [1.82, 2.24) is 0 Å². The van der Waals surface area contributed by atoms with Crippen LogP contribution in [0.3, 0.4) is 0 Å². The summed E-state index contributed by atoms with van der Waals surface area (Å²) in [4.78, 5) is 24.4. The summed E-state index contributed by atoms with van der Waals surface area (Å²) in [6.07, 6.45) is 85.6. The molecule has 0 rings (SSSR count). The van der Waals surface area contributed by atoms with E-state index in [2.05, 4.69) is 148 Å². The monoisotopic (exact) mass is 939 g/mol. The van der Waals surface area contributed by atoms with Crippen molar-refractivity contribution in [2.45, 2.75) is 238 Å². The number of aliphatic hydroxyl groups is 1. The van der Waals surface area contributed by atoms with Crippen molar-refractivity contribution in [2.75, 3.05) is 13.2 Å². The Morgan fingerprint density at radius 3 is 0.971 bits per heavy atom. The van der Waals surface area contributed by atoms with Crippen LogP contribution >= 0.6 is 0 Å². The van der Waals surface area contributed by atoms with Gasteiger partial charge in [0.15, 0.2) is 6.10 Å². The molecule has 0 aromatic heterocycles. The van der Waals surface area contributed by atoms with Gasteiger partial charge < -0.3 is 14.6 Å². The fourth-order valence-corrected chi connectivity index (χ4v) is 7.28. The number of hydrogen-bond acceptors (Lipinski definition) is 5. The first-order chi connectivity index (χ1) is 33.6. The molecule has 0 aliphatic carbocycles. The molecule has 0 aromatic carbocycles. The van der Waals surface area contributed by atoms with E-state index < -0.39 is 6.10 Å². The molecule has 0 spiro atoms. The summed E-state index contributed by atoms with van der Waals surface area (Å²) in [6.45, 7) is 4.00. The zero-order chi connectivity index (χ0) is 49.2. The molecule has 1 atom stereocenters. The Labute approximate surface area is 419 Å². The lowest BCUT2D eigenvalue weighted by molar-refractivity contribution is -0.161. The minimum absolute atomic E-state index is 0.0798. The van der Waals surface area contributed by atoms with Crippen molar-refractivity contribution < 1.29 is 24.2 Å². The predicted molar refractivity (Wildman–Crippen MR) is 297 cm³/mol. The second-order valence-electron chi connectivity index (χ2n) is 17.9. The summed E-state index contributed by atoms with van der Waals surface area (Å²) >= 11 is 0. The molecule has 68 heavy (non-hydrogen) atoms. The summed E-state index contributed by atoms with van der Waals surface area (Å²) in [5.74, 6) is -0.616. The first kappa shape index (κ1) is 64.0. The molecule has 0 bridgehead atoms. The van der Waals surface area contributed by atoms with Crippen molar-refractivity contribution in [3.05, 3.63) is 134 Å². The Kier molecular flexibility index (Phi) is 54.0. The van der Waals surface area contributed by atoms with Crippen molar-refractivity contribution in [2.24, 2.45) is 0 Å². The van der Waals surface area contributed by atoms with Crippen molar-refractivity contribution >= 4 is 11.9 Å². The van der Waals surface area contributed by atoms with Gasteiger partial charge in [-0.3, -0.25) is 9.59 Å². The number of aliphatic hydroxyl groups excluding tert-OH is 1. The lowest BCUT2D eigenvalue weighted by atomic mass is 10.1. The van der Waals surface area contributed by atoms with Gasteiger partial charge in [-0.2, -0.15) is 0 Å². The topological polar surface area (TPSA) is 72.8 Å². The van der Waals surface area contributed by atoms with Gasteiger partial charge in [0.05, 0.1) is 6.61 Å². The van der Waals surface area contributed by atoms with E-state index in [1.807, 2.05) is 0 Å². The number of rotatable bonds is 49. The quantitative estimate of drug-likeness (QED) is 0.0374. The molecule has 0 radical (unpaired) electrons. The molecule has 0 saturated heterocycles. The highest BCUT2D eigenvalue weighted by Crippen LogP contribution is 2.13. The van der Waals surface area contributed by atoms with E-state index in [0.29, 0.717) is 12.8 Å². The molecule has 5 heteroatoms. The predicted octanol–water partition coefficient (Wildman–Crippen LogP) is 18.9. The van der Waals surface area contributed by atoms with Gasteiger partial charge in [-0.05, 0) is 116 Å². The van der Waals surface area contributed by atoms with Gasteiger partial charge in [0.25, 0.3) is 0 Å². The van der Waals surface area contributed by atoms with Crippen LogP contribution in [-0.4, -0.2) is 36.4 Å². The molecule has 1 unspecified atom stereocenters. The highest BCUT2D eigenvalue weighted by molar-refractivity contribution is 5.70. The van der Waals surface area contributed by atoms with Crippen LogP contribution in [0.1, 0.15) is 232 Å². The Hall–Kier alpha value is -3.96. The third kappa shape index (κ3) is 54.6. The molecule has 0 aromatic rings. The van der Waals surface area contributed by atoms with E-state index in [-0.39, 0.29) is 25.2 Å². The molecule has 0 aliphatic heterocycles. The Balaban J connectivity index is 3.62. The van der Waals surface area contributed by atoms with Crippen molar-refractivity contribution in [3.8, 4) is 0 Å². The Morgan fingerprint density at radius 2 is 0.632 bits per heavy atom. The van der Waals surface area contributed by atoms with Crippen molar-refractivity contribution in [3.63, 3.8) is 0 Å². The highest BCUT2D eigenvalue weighted by atomic mass is 16.6. The molecule has 0 heterocycles. The standard InChI is InChI=1S/C63H102O5/c1-3-5-7-9-11-13-15-17-19-20-21-22-23-24-25-26-27-28-29-30-31-32-33-34-35-36-37-38-39-40-41-42-44-46-48-50-52-54-56-58-63(66)68-61(59-64)60-67-62(65)57-55-53-51-49-47-45-43-18-16-14-12-10-8-6-4-2/h5,7,11,13,17-19,21-22,24-25,27-28,30-31,33-34,36-37,39-40,43,61,64H,3-4,6,8-10,12,14-16,20,23,26,29,32,35,38,41-42,44-60H2,1-2H3/b7-5-,13-11-,19-17-,22-21-,25-24-,28-27-,31-30-,34-33-,37-36-,40-39-,43-18-. The molecular weight excluding hydrogens is 837 g/mol. The summed E-state index contributed by atoms with van der Waals surface area (Å²) in [6, 6.07) is 0. The summed E-state index contributed by atoms with van der Waals surface area (Å²) in [7, 11) is 0. The second kappa shape index (κ2) is 57.4. The van der Waals surface area contributed by atoms with Crippen LogP contribution in [0.15, 0.2) is 134 Å². The maximum atomic E-state index is 12.3. The van der Waals surface area contributed by atoms with Gasteiger partial charge in [0.2, 0.25) is 0 Å². The molecule has 384 valence electrons. The van der Waals surface area contributed by atoms with E-state index in [1.165, 1.54) is 89.9 Å². The molecule has 5 nitrogen and oxygen atoms in total. The maximum Gasteiger partial charge on any atom is 0.306 e. The van der Waals surface area contributed by atoms with Crippen LogP contribution in [0.5, 0.6) is 0 Å². The van der Waals surface area contributed by atoms with Gasteiger partial charge in [-0.15, -0.1) is 0 Å². The number of carbonyl (C=O) groups excluding carboxylic acids is 2. The summed E-state index contributed by atoms with van der Waals surface area (Å²) in [5, 5.41) is 9.62. The molecule has 0 amide bonds. The van der Waals surface area contributed by atoms with Crippen LogP contribution in [0.25, 0.3) is 0 Å². The minimum atomic E-state index is -0.788. The number of allylic oxidation sites excluding steroid dienone is 22. The maximum absolute atomic E-state index is 12.3. The van der Waals surface area contributed by atoms with E-state index in [0.717, 1.165) is 116 Å². The Bertz CT molecular complexity index is 1430. The largest absolute Gasteiger partial charge is 0.462 e. The zero-order valence-corrected chi connectivity index (χ0v) is 43.8. The molecule has 1 N–H and O–H groups in total. The van der Waals surface area contributed by atoms with Gasteiger partial charge in [-0.25, -0.2) is 0 Å². The number of hydrogen-bond donors (Lipinski definition) is 1. The molecular formula is C63H102O5. The SMILES string of the molecule is CC/C=C\C/C=C\C/C=C\C/C=C\C/C=C\C/C=C\C/C=C\C/C=C\C/C=C\C/C=C\CCCCCCCCCCC(=O)OC(CO)COC(=O)CCCCCCC/C=C\CCCCCCCC. The number of unbranched alkanes of at least 4 members (excludes halogenated alkanes) is 19. The lowest BCUT2D eigenvalue weighted by Crippen LogP contribution is -2.28. The summed E-state index contributed by atoms with van der Waals surface area (Å²) in [5.41, 5.74) is 0. The Morgan fingerprint density at radius 1 is 0.353 bits per heavy atom. The van der Waals surface area contributed by atoms with E-state index in [4.69, 9.17) is 9.47 Å². The lowest BCUT2D eigenvalue weighted by Gasteiger charge is -2.15. The second-order valence-corrected chi connectivity index (χ2v) is 17.9. The van der Waals surface area contributed by atoms with Gasteiger partial charge in [-0.1, -0.05) is 237 Å². The van der Waals surface area contributed by atoms with E-state index in [9.17, 15) is 14.7 Å². The van der Waals surface area contributed by atoms with Crippen LogP contribution in [0.4, 0.5) is 0 Å².